The smallest absolute Gasteiger partial charge is 0.0932 e. The molecule has 3 nitrogen and oxygen atoms in total. The Labute approximate surface area is 112 Å². The molecule has 0 radical (unpaired) electrons. The van der Waals surface area contributed by atoms with E-state index in [4.69, 9.17) is 0 Å². The van der Waals surface area contributed by atoms with Crippen molar-refractivity contribution in [1.29, 1.82) is 0 Å². The Kier molecular flexibility index (Phi) is 2.84. The first-order chi connectivity index (χ1) is 9.16. The van der Waals surface area contributed by atoms with E-state index in [2.05, 4.69) is 27.8 Å². The molecule has 1 aromatic carbocycles. The number of nitrogens with zero attached hydrogens (tertiary/aromatic N) is 2. The Hall–Kier alpha value is -2.13. The summed E-state index contributed by atoms with van der Waals surface area (Å²) in [6.45, 7) is 1.73. The minimum Gasteiger partial charge on any atom is -0.387 e. The second kappa shape index (κ2) is 4.52. The third kappa shape index (κ3) is 2.02. The number of hydrogen-bond acceptors (Lipinski definition) is 2. The first-order valence-corrected chi connectivity index (χ1v) is 6.36. The Morgan fingerprint density at radius 2 is 1.89 bits per heavy atom. The van der Waals surface area contributed by atoms with Gasteiger partial charge in [-0.25, -0.2) is 4.98 Å². The van der Waals surface area contributed by atoms with Crippen molar-refractivity contribution in [3.05, 3.63) is 54.2 Å². The van der Waals surface area contributed by atoms with E-state index in [0.29, 0.717) is 5.69 Å². The molecular formula is C16H16N2O. The number of fused-ring (bicyclic) bond motifs is 1. The third-order valence-electron chi connectivity index (χ3n) is 3.41. The van der Waals surface area contributed by atoms with E-state index in [-0.39, 0.29) is 0 Å². The summed E-state index contributed by atoms with van der Waals surface area (Å²) in [4.78, 5) is 4.53. The Bertz CT molecular complexity index is 728. The maximum Gasteiger partial charge on any atom is 0.0932 e. The molecule has 3 heteroatoms. The van der Waals surface area contributed by atoms with E-state index in [0.717, 1.165) is 11.4 Å². The fourth-order valence-electron chi connectivity index (χ4n) is 2.36. The largest absolute Gasteiger partial charge is 0.387 e. The Morgan fingerprint density at radius 1 is 1.11 bits per heavy atom. The second-order valence-electron chi connectivity index (χ2n) is 4.77. The number of rotatable bonds is 2. The van der Waals surface area contributed by atoms with Gasteiger partial charge < -0.3 is 9.67 Å². The number of hydrogen-bond donors (Lipinski definition) is 1. The van der Waals surface area contributed by atoms with Crippen molar-refractivity contribution in [2.24, 2.45) is 7.05 Å². The molecule has 0 aliphatic heterocycles. The van der Waals surface area contributed by atoms with Crippen LogP contribution in [0.15, 0.2) is 48.5 Å². The lowest BCUT2D eigenvalue weighted by molar-refractivity contribution is 0.194. The van der Waals surface area contributed by atoms with Gasteiger partial charge in [0, 0.05) is 18.0 Å². The topological polar surface area (TPSA) is 38.0 Å². The van der Waals surface area contributed by atoms with Gasteiger partial charge in [-0.1, -0.05) is 24.3 Å². The summed E-state index contributed by atoms with van der Waals surface area (Å²) in [5, 5.41) is 10.8. The maximum absolute atomic E-state index is 9.63. The molecule has 2 aromatic heterocycles. The van der Waals surface area contributed by atoms with Crippen LogP contribution in [0.5, 0.6) is 0 Å². The van der Waals surface area contributed by atoms with Crippen LogP contribution in [0.25, 0.3) is 22.3 Å². The van der Waals surface area contributed by atoms with Gasteiger partial charge in [0.25, 0.3) is 0 Å². The summed E-state index contributed by atoms with van der Waals surface area (Å²) < 4.78 is 2.13. The van der Waals surface area contributed by atoms with Crippen LogP contribution in [0, 0.1) is 0 Å². The summed E-state index contributed by atoms with van der Waals surface area (Å²) in [7, 11) is 2.04. The van der Waals surface area contributed by atoms with Gasteiger partial charge in [0.1, 0.15) is 0 Å². The molecule has 0 unspecified atom stereocenters. The molecule has 3 rings (SSSR count). The molecular weight excluding hydrogens is 236 g/mol. The fourth-order valence-corrected chi connectivity index (χ4v) is 2.36. The van der Waals surface area contributed by atoms with Crippen LogP contribution in [0.1, 0.15) is 18.7 Å². The monoisotopic (exact) mass is 252 g/mol. The Morgan fingerprint density at radius 3 is 2.63 bits per heavy atom. The SMILES string of the molecule is C[C@@H](O)c1cccc(-c2cc3ccccc3n2C)n1. The quantitative estimate of drug-likeness (QED) is 0.760. The number of aliphatic hydroxyl groups excluding tert-OH is 1. The number of para-hydroxylation sites is 1. The van der Waals surface area contributed by atoms with E-state index in [9.17, 15) is 5.11 Å². The van der Waals surface area contributed by atoms with Crippen LogP contribution < -0.4 is 0 Å². The van der Waals surface area contributed by atoms with Gasteiger partial charge >= 0.3 is 0 Å². The zero-order chi connectivity index (χ0) is 13.4. The minimum absolute atomic E-state index is 0.547. The minimum atomic E-state index is -0.547. The summed E-state index contributed by atoms with van der Waals surface area (Å²) in [6, 6.07) is 16.1. The number of benzene rings is 1. The van der Waals surface area contributed by atoms with Crippen molar-refractivity contribution in [3.63, 3.8) is 0 Å². The molecule has 3 aromatic rings. The highest BCUT2D eigenvalue weighted by atomic mass is 16.3. The van der Waals surface area contributed by atoms with Gasteiger partial charge in [0.2, 0.25) is 0 Å². The molecule has 96 valence electrons. The fraction of sp³-hybridized carbons (Fsp3) is 0.188. The molecule has 0 spiro atoms. The Balaban J connectivity index is 2.19. The van der Waals surface area contributed by atoms with Crippen molar-refractivity contribution >= 4 is 10.9 Å². The summed E-state index contributed by atoms with van der Waals surface area (Å²) >= 11 is 0. The van der Waals surface area contributed by atoms with Crippen LogP contribution in [-0.2, 0) is 7.05 Å². The second-order valence-corrected chi connectivity index (χ2v) is 4.77. The lowest BCUT2D eigenvalue weighted by atomic mass is 10.2. The first-order valence-electron chi connectivity index (χ1n) is 6.36. The van der Waals surface area contributed by atoms with Gasteiger partial charge in [-0.05, 0) is 31.2 Å². The van der Waals surface area contributed by atoms with E-state index in [1.807, 2.05) is 37.4 Å². The number of aliphatic hydroxyl groups is 1. The summed E-state index contributed by atoms with van der Waals surface area (Å²) in [5.41, 5.74) is 3.82. The lowest BCUT2D eigenvalue weighted by Gasteiger charge is -2.07. The molecule has 0 saturated heterocycles. The average molecular weight is 252 g/mol. The predicted octanol–water partition coefficient (Wildman–Crippen LogP) is 3.29. The molecule has 19 heavy (non-hydrogen) atoms. The molecule has 0 bridgehead atoms. The van der Waals surface area contributed by atoms with Crippen LogP contribution in [0.2, 0.25) is 0 Å². The lowest BCUT2D eigenvalue weighted by Crippen LogP contribution is -1.98. The van der Waals surface area contributed by atoms with Gasteiger partial charge in [-0.3, -0.25) is 0 Å². The van der Waals surface area contributed by atoms with Crippen molar-refractivity contribution in [2.75, 3.05) is 0 Å². The van der Waals surface area contributed by atoms with Gasteiger partial charge in [0.15, 0.2) is 0 Å². The third-order valence-corrected chi connectivity index (χ3v) is 3.41. The van der Waals surface area contributed by atoms with Crippen molar-refractivity contribution in [2.45, 2.75) is 13.0 Å². The highest BCUT2D eigenvalue weighted by Crippen LogP contribution is 2.26. The zero-order valence-electron chi connectivity index (χ0n) is 11.0. The number of pyridine rings is 1. The van der Waals surface area contributed by atoms with E-state index in [1.165, 1.54) is 10.9 Å². The van der Waals surface area contributed by atoms with Gasteiger partial charge in [-0.15, -0.1) is 0 Å². The van der Waals surface area contributed by atoms with Crippen LogP contribution >= 0.6 is 0 Å². The first kappa shape index (κ1) is 11.9. The predicted molar refractivity (Wildman–Crippen MR) is 76.8 cm³/mol. The highest BCUT2D eigenvalue weighted by Gasteiger charge is 2.10. The molecule has 1 atom stereocenters. The highest BCUT2D eigenvalue weighted by molar-refractivity contribution is 5.86. The molecule has 0 aliphatic carbocycles. The van der Waals surface area contributed by atoms with Crippen molar-refractivity contribution in [3.8, 4) is 11.4 Å². The normalized spacial score (nSPS) is 12.8. The van der Waals surface area contributed by atoms with Gasteiger partial charge in [-0.2, -0.15) is 0 Å². The van der Waals surface area contributed by atoms with E-state index in [1.54, 1.807) is 6.92 Å². The van der Waals surface area contributed by atoms with Crippen molar-refractivity contribution < 1.29 is 5.11 Å². The van der Waals surface area contributed by atoms with Crippen LogP contribution in [-0.4, -0.2) is 14.7 Å². The zero-order valence-corrected chi connectivity index (χ0v) is 11.0. The van der Waals surface area contributed by atoms with Crippen molar-refractivity contribution in [1.82, 2.24) is 9.55 Å². The van der Waals surface area contributed by atoms with Gasteiger partial charge in [0.05, 0.1) is 23.2 Å². The molecule has 0 fully saturated rings. The summed E-state index contributed by atoms with van der Waals surface area (Å²) in [6.07, 6.45) is -0.547. The number of aromatic nitrogens is 2. The molecule has 2 heterocycles. The molecule has 1 N–H and O–H groups in total. The summed E-state index contributed by atoms with van der Waals surface area (Å²) in [5.74, 6) is 0. The number of aryl methyl sites for hydroxylation is 1. The van der Waals surface area contributed by atoms with E-state index < -0.39 is 6.10 Å². The average Bonchev–Trinajstić information content (AvgIpc) is 2.77. The maximum atomic E-state index is 9.63. The molecule has 0 saturated carbocycles. The van der Waals surface area contributed by atoms with E-state index >= 15 is 0 Å². The molecule has 0 amide bonds. The van der Waals surface area contributed by atoms with Crippen LogP contribution in [0.3, 0.4) is 0 Å². The standard InChI is InChI=1S/C16H16N2O/c1-11(19)13-7-5-8-14(17-13)16-10-12-6-3-4-9-15(12)18(16)2/h3-11,19H,1-2H3/t11-/m1/s1. The van der Waals surface area contributed by atoms with Crippen LogP contribution in [0.4, 0.5) is 0 Å². The molecule has 0 aliphatic rings.